The van der Waals surface area contributed by atoms with Crippen molar-refractivity contribution in [2.45, 2.75) is 33.1 Å². The maximum Gasteiger partial charge on any atom is 0.230 e. The van der Waals surface area contributed by atoms with Crippen LogP contribution in [0.1, 0.15) is 33.1 Å². The van der Waals surface area contributed by atoms with Gasteiger partial charge in [0.15, 0.2) is 0 Å². The van der Waals surface area contributed by atoms with Gasteiger partial charge in [-0.05, 0) is 12.5 Å². The minimum atomic E-state index is -0.130. The Morgan fingerprint density at radius 2 is 1.95 bits per heavy atom. The molecule has 2 amide bonds. The highest BCUT2D eigenvalue weighted by Crippen LogP contribution is 2.20. The summed E-state index contributed by atoms with van der Waals surface area (Å²) in [7, 11) is 0. The molecule has 5 heteroatoms. The zero-order valence-electron chi connectivity index (χ0n) is 12.9. The Kier molecular flexibility index (Phi) is 10.6. The van der Waals surface area contributed by atoms with Gasteiger partial charge in [-0.2, -0.15) is 0 Å². The molecule has 4 nitrogen and oxygen atoms in total. The molecule has 0 fully saturated rings. The zero-order valence-corrected chi connectivity index (χ0v) is 14.5. The van der Waals surface area contributed by atoms with E-state index >= 15 is 0 Å². The third-order valence-electron chi connectivity index (χ3n) is 3.03. The molecule has 0 unspecified atom stereocenters. The third-order valence-corrected chi connectivity index (χ3v) is 3.54. The van der Waals surface area contributed by atoms with Gasteiger partial charge in [-0.25, -0.2) is 0 Å². The van der Waals surface area contributed by atoms with Crippen LogP contribution < -0.4 is 10.6 Å². The predicted octanol–water partition coefficient (Wildman–Crippen LogP) is 3.07. The van der Waals surface area contributed by atoms with E-state index in [1.807, 2.05) is 6.92 Å². The lowest BCUT2D eigenvalue weighted by Crippen LogP contribution is -2.32. The van der Waals surface area contributed by atoms with E-state index in [4.69, 9.17) is 0 Å². The van der Waals surface area contributed by atoms with E-state index in [-0.39, 0.29) is 29.5 Å². The molecule has 0 spiro atoms. The lowest BCUT2D eigenvalue weighted by atomic mass is 9.95. The van der Waals surface area contributed by atoms with Gasteiger partial charge < -0.3 is 10.6 Å². The van der Waals surface area contributed by atoms with Crippen LogP contribution >= 0.6 is 15.9 Å². The molecule has 0 aliphatic carbocycles. The Hall–Kier alpha value is -1.36. The van der Waals surface area contributed by atoms with Crippen molar-refractivity contribution >= 4 is 27.7 Å². The second-order valence-corrected chi connectivity index (χ2v) is 5.33. The Morgan fingerprint density at radius 3 is 2.48 bits per heavy atom. The first-order chi connectivity index (χ1) is 9.96. The molecule has 2 N–H and O–H groups in total. The Bertz CT molecular complexity index is 417. The number of nitrogens with one attached hydrogen (secondary N) is 2. The van der Waals surface area contributed by atoms with Gasteiger partial charge in [-0.1, -0.05) is 61.0 Å². The molecule has 0 aliphatic heterocycles. The van der Waals surface area contributed by atoms with Crippen molar-refractivity contribution < 1.29 is 9.59 Å². The largest absolute Gasteiger partial charge is 0.355 e. The van der Waals surface area contributed by atoms with Crippen molar-refractivity contribution in [3.05, 3.63) is 36.6 Å². The number of hydrogen-bond acceptors (Lipinski definition) is 2. The van der Waals surface area contributed by atoms with Crippen molar-refractivity contribution in [1.29, 1.82) is 0 Å². The number of halogens is 1. The molecule has 0 aromatic rings. The lowest BCUT2D eigenvalue weighted by molar-refractivity contribution is -0.121. The van der Waals surface area contributed by atoms with Crippen LogP contribution in [0.2, 0.25) is 0 Å². The summed E-state index contributed by atoms with van der Waals surface area (Å²) in [6, 6.07) is 0. The quantitative estimate of drug-likeness (QED) is 0.359. The van der Waals surface area contributed by atoms with Gasteiger partial charge in [0.1, 0.15) is 0 Å². The number of rotatable bonds is 10. The molecule has 0 aromatic carbocycles. The topological polar surface area (TPSA) is 58.2 Å². The van der Waals surface area contributed by atoms with Gasteiger partial charge in [0.05, 0.1) is 5.33 Å². The lowest BCUT2D eigenvalue weighted by Gasteiger charge is -2.19. The van der Waals surface area contributed by atoms with Crippen LogP contribution in [0.25, 0.3) is 0 Å². The summed E-state index contributed by atoms with van der Waals surface area (Å²) in [5.74, 6) is -0.187. The first kappa shape index (κ1) is 19.6. The van der Waals surface area contributed by atoms with E-state index in [2.05, 4.69) is 46.6 Å². The van der Waals surface area contributed by atoms with E-state index in [0.29, 0.717) is 6.54 Å². The van der Waals surface area contributed by atoms with Gasteiger partial charge in [0.2, 0.25) is 11.8 Å². The molecule has 0 aromatic heterocycles. The number of carbonyl (C=O) groups is 2. The van der Waals surface area contributed by atoms with Gasteiger partial charge in [0.25, 0.3) is 0 Å². The van der Waals surface area contributed by atoms with Crippen LogP contribution in [-0.2, 0) is 9.59 Å². The maximum atomic E-state index is 11.9. The van der Waals surface area contributed by atoms with Gasteiger partial charge in [0, 0.05) is 24.6 Å². The summed E-state index contributed by atoms with van der Waals surface area (Å²) in [6.07, 6.45) is 5.63. The minimum Gasteiger partial charge on any atom is -0.355 e. The molecule has 0 radical (unpaired) electrons. The number of allylic oxidation sites excluding steroid dienone is 3. The predicted molar refractivity (Wildman–Crippen MR) is 91.1 cm³/mol. The van der Waals surface area contributed by atoms with Crippen LogP contribution in [-0.4, -0.2) is 23.7 Å². The van der Waals surface area contributed by atoms with Crippen molar-refractivity contribution in [2.24, 2.45) is 5.92 Å². The summed E-state index contributed by atoms with van der Waals surface area (Å²) in [6.45, 7) is 12.2. The summed E-state index contributed by atoms with van der Waals surface area (Å²) < 4.78 is 0. The Morgan fingerprint density at radius 1 is 1.29 bits per heavy atom. The number of carbonyl (C=O) groups excluding carboxylic acids is 2. The number of amides is 2. The molecule has 0 heterocycles. The molecule has 1 atom stereocenters. The monoisotopic (exact) mass is 356 g/mol. The van der Waals surface area contributed by atoms with Crippen molar-refractivity contribution in [3.63, 3.8) is 0 Å². The van der Waals surface area contributed by atoms with Gasteiger partial charge in [-0.15, -0.1) is 0 Å². The molecule has 0 bridgehead atoms. The summed E-state index contributed by atoms with van der Waals surface area (Å²) in [4.78, 5) is 23.0. The number of hydrogen-bond donors (Lipinski definition) is 2. The van der Waals surface area contributed by atoms with Crippen LogP contribution in [0, 0.1) is 5.92 Å². The normalized spacial score (nSPS) is 12.4. The Labute approximate surface area is 135 Å². The van der Waals surface area contributed by atoms with E-state index in [1.165, 1.54) is 0 Å². The second kappa shape index (κ2) is 11.3. The summed E-state index contributed by atoms with van der Waals surface area (Å²) in [5, 5.41) is 5.75. The fourth-order valence-electron chi connectivity index (χ4n) is 1.76. The van der Waals surface area contributed by atoms with Crippen molar-refractivity contribution in [1.82, 2.24) is 10.6 Å². The van der Waals surface area contributed by atoms with Gasteiger partial charge >= 0.3 is 0 Å². The van der Waals surface area contributed by atoms with E-state index < -0.39 is 0 Å². The van der Waals surface area contributed by atoms with Gasteiger partial charge in [-0.3, -0.25) is 9.59 Å². The molecular formula is C16H25BrN2O2. The first-order valence-electron chi connectivity index (χ1n) is 7.09. The fourth-order valence-corrected chi connectivity index (χ4v) is 1.96. The molecule has 118 valence electrons. The smallest absolute Gasteiger partial charge is 0.230 e. The van der Waals surface area contributed by atoms with Crippen LogP contribution in [0.5, 0.6) is 0 Å². The SMILES string of the molecule is C=C/C=C(\NC(=O)CCNC(=O)CBr)[C@H](C)C(=C)CCC. The summed E-state index contributed by atoms with van der Waals surface area (Å²) in [5.41, 5.74) is 1.87. The highest BCUT2D eigenvalue weighted by atomic mass is 79.9. The van der Waals surface area contributed by atoms with E-state index in [1.54, 1.807) is 12.2 Å². The number of alkyl halides is 1. The highest BCUT2D eigenvalue weighted by molar-refractivity contribution is 9.09. The molecule has 0 saturated carbocycles. The van der Waals surface area contributed by atoms with Crippen molar-refractivity contribution in [2.75, 3.05) is 11.9 Å². The minimum absolute atomic E-state index is 0.0732. The highest BCUT2D eigenvalue weighted by Gasteiger charge is 2.14. The van der Waals surface area contributed by atoms with Crippen molar-refractivity contribution in [3.8, 4) is 0 Å². The first-order valence-corrected chi connectivity index (χ1v) is 8.21. The third kappa shape index (κ3) is 8.50. The second-order valence-electron chi connectivity index (χ2n) is 4.77. The molecule has 21 heavy (non-hydrogen) atoms. The molecule has 0 saturated heterocycles. The van der Waals surface area contributed by atoms with E-state index in [9.17, 15) is 9.59 Å². The zero-order chi connectivity index (χ0) is 16.3. The molecule has 0 rings (SSSR count). The van der Waals surface area contributed by atoms with E-state index in [0.717, 1.165) is 24.1 Å². The van der Waals surface area contributed by atoms with Crippen LogP contribution in [0.3, 0.4) is 0 Å². The fraction of sp³-hybridized carbons (Fsp3) is 0.500. The average molecular weight is 357 g/mol. The molecule has 0 aliphatic rings. The standard InChI is InChI=1S/C16H25BrN2O2/c1-5-7-12(3)13(4)14(8-6-2)19-15(20)9-10-18-16(21)11-17/h6,8,13H,2-3,5,7,9-11H2,1,4H3,(H,18,21)(H,19,20)/b14-8-/t13-/m1/s1. The Balaban J connectivity index is 4.47. The summed E-state index contributed by atoms with van der Waals surface area (Å²) >= 11 is 3.05. The average Bonchev–Trinajstić information content (AvgIpc) is 2.46. The van der Waals surface area contributed by atoms with Crippen LogP contribution in [0.15, 0.2) is 36.6 Å². The molecular weight excluding hydrogens is 332 g/mol. The van der Waals surface area contributed by atoms with Crippen LogP contribution in [0.4, 0.5) is 0 Å². The maximum absolute atomic E-state index is 11.9.